The predicted octanol–water partition coefficient (Wildman–Crippen LogP) is 2.61. The molecule has 0 saturated heterocycles. The number of sulfonamides is 1. The van der Waals surface area contributed by atoms with Crippen LogP contribution in [0.3, 0.4) is 0 Å². The van der Waals surface area contributed by atoms with Crippen molar-refractivity contribution in [1.29, 1.82) is 0 Å². The maximum atomic E-state index is 13.2. The van der Waals surface area contributed by atoms with E-state index in [0.29, 0.717) is 11.1 Å². The molecule has 0 fully saturated rings. The van der Waals surface area contributed by atoms with Crippen molar-refractivity contribution >= 4 is 34.7 Å². The molecular formula is C18H25N2O6PS2. The number of thiophene rings is 1. The molecule has 2 rings (SSSR count). The van der Waals surface area contributed by atoms with E-state index in [1.165, 1.54) is 6.07 Å². The fourth-order valence-corrected chi connectivity index (χ4v) is 8.31. The lowest BCUT2D eigenvalue weighted by molar-refractivity contribution is -0.138. The molecule has 29 heavy (non-hydrogen) atoms. The summed E-state index contributed by atoms with van der Waals surface area (Å²) in [5.41, 5.74) is 6.64. The van der Waals surface area contributed by atoms with E-state index in [-0.39, 0.29) is 10.8 Å². The molecule has 11 heteroatoms. The molecule has 1 aromatic carbocycles. The number of nitrogens with two attached hydrogens (primary N) is 1. The zero-order valence-electron chi connectivity index (χ0n) is 16.1. The number of hydrogen-bond donors (Lipinski definition) is 4. The second-order valence-electron chi connectivity index (χ2n) is 7.02. The summed E-state index contributed by atoms with van der Waals surface area (Å²) in [5, 5.41) is 11.2. The highest BCUT2D eigenvalue weighted by atomic mass is 32.2. The lowest BCUT2D eigenvalue weighted by atomic mass is 9.99. The van der Waals surface area contributed by atoms with Gasteiger partial charge in [0, 0.05) is 12.7 Å². The van der Waals surface area contributed by atoms with Crippen LogP contribution in [-0.4, -0.2) is 36.3 Å². The van der Waals surface area contributed by atoms with Crippen LogP contribution in [0.4, 0.5) is 0 Å². The van der Waals surface area contributed by atoms with Gasteiger partial charge in [-0.1, -0.05) is 44.2 Å². The van der Waals surface area contributed by atoms with E-state index in [4.69, 9.17) is 5.73 Å². The second kappa shape index (κ2) is 9.51. The van der Waals surface area contributed by atoms with Crippen molar-refractivity contribution in [1.82, 2.24) is 4.72 Å². The summed E-state index contributed by atoms with van der Waals surface area (Å²) < 4.78 is 40.7. The van der Waals surface area contributed by atoms with Crippen LogP contribution in [0.15, 0.2) is 46.0 Å². The largest absolute Gasteiger partial charge is 0.481 e. The maximum absolute atomic E-state index is 13.2. The van der Waals surface area contributed by atoms with Crippen molar-refractivity contribution in [2.75, 3.05) is 6.16 Å². The topological polar surface area (TPSA) is 147 Å². The summed E-state index contributed by atoms with van der Waals surface area (Å²) in [6.07, 6.45) is -0.605. The zero-order chi connectivity index (χ0) is 21.8. The minimum Gasteiger partial charge on any atom is -0.481 e. The molecule has 2 aromatic rings. The third-order valence-electron chi connectivity index (χ3n) is 4.43. The van der Waals surface area contributed by atoms with Gasteiger partial charge in [-0.3, -0.25) is 9.36 Å². The molecule has 0 radical (unpaired) electrons. The number of rotatable bonds is 10. The fraction of sp³-hybridized carbons (Fsp3) is 0.389. The SMILES string of the molecule is CC(C)C(NS(=O)(=O)c1cccs1)P(=O)(O)CC(C(=O)O)c1cccc(CN)c1. The normalized spacial score (nSPS) is 16.3. The highest BCUT2D eigenvalue weighted by molar-refractivity contribution is 7.92. The summed E-state index contributed by atoms with van der Waals surface area (Å²) in [5.74, 6) is -4.40. The van der Waals surface area contributed by atoms with Crippen LogP contribution in [0.5, 0.6) is 0 Å². The van der Waals surface area contributed by atoms with Gasteiger partial charge in [-0.25, -0.2) is 8.42 Å². The third kappa shape index (κ3) is 5.97. The van der Waals surface area contributed by atoms with Crippen molar-refractivity contribution < 1.29 is 27.8 Å². The number of aliphatic carboxylic acids is 1. The molecule has 0 aliphatic rings. The molecule has 160 valence electrons. The van der Waals surface area contributed by atoms with Gasteiger partial charge >= 0.3 is 5.97 Å². The van der Waals surface area contributed by atoms with Crippen LogP contribution < -0.4 is 10.5 Å². The highest BCUT2D eigenvalue weighted by Crippen LogP contribution is 2.51. The first-order valence-corrected chi connectivity index (χ1v) is 13.1. The van der Waals surface area contributed by atoms with E-state index in [1.54, 1.807) is 49.6 Å². The van der Waals surface area contributed by atoms with Crippen LogP contribution in [0.2, 0.25) is 0 Å². The minimum absolute atomic E-state index is 0.0218. The maximum Gasteiger partial charge on any atom is 0.311 e. The quantitative estimate of drug-likeness (QED) is 0.399. The Hall–Kier alpha value is -1.55. The molecule has 1 heterocycles. The zero-order valence-corrected chi connectivity index (χ0v) is 18.6. The molecule has 3 unspecified atom stereocenters. The first-order chi connectivity index (χ1) is 13.5. The molecule has 5 N–H and O–H groups in total. The molecule has 0 saturated carbocycles. The number of carboxylic acid groups (broad SMARTS) is 1. The Bertz CT molecular complexity index is 992. The summed E-state index contributed by atoms with van der Waals surface area (Å²) in [6.45, 7) is 3.41. The van der Waals surface area contributed by atoms with Crippen LogP contribution in [-0.2, 0) is 25.9 Å². The number of hydrogen-bond acceptors (Lipinski definition) is 6. The predicted molar refractivity (Wildman–Crippen MR) is 113 cm³/mol. The monoisotopic (exact) mass is 460 g/mol. The van der Waals surface area contributed by atoms with E-state index >= 15 is 0 Å². The number of carboxylic acids is 1. The van der Waals surface area contributed by atoms with E-state index in [0.717, 1.165) is 11.3 Å². The number of carbonyl (C=O) groups is 1. The van der Waals surface area contributed by atoms with Gasteiger partial charge in [-0.05, 0) is 28.5 Å². The van der Waals surface area contributed by atoms with Crippen molar-refractivity contribution in [2.45, 2.75) is 36.3 Å². The molecular weight excluding hydrogens is 435 g/mol. The van der Waals surface area contributed by atoms with Crippen LogP contribution in [0, 0.1) is 5.92 Å². The standard InChI is InChI=1S/C18H25N2O6PS2/c1-12(2)17(20-29(25,26)16-7-4-8-28-16)27(23,24)11-15(18(21)22)14-6-3-5-13(9-14)10-19/h3-9,12,15,17,20H,10-11,19H2,1-2H3,(H,21,22)(H,23,24). The van der Waals surface area contributed by atoms with E-state index in [2.05, 4.69) is 4.72 Å². The Morgan fingerprint density at radius 2 is 1.97 bits per heavy atom. The van der Waals surface area contributed by atoms with E-state index < -0.39 is 47.1 Å². The molecule has 0 spiro atoms. The van der Waals surface area contributed by atoms with Gasteiger partial charge in [0.1, 0.15) is 9.99 Å². The van der Waals surface area contributed by atoms with Crippen molar-refractivity contribution in [3.8, 4) is 0 Å². The Morgan fingerprint density at radius 1 is 1.28 bits per heavy atom. The molecule has 0 aliphatic carbocycles. The van der Waals surface area contributed by atoms with Gasteiger partial charge in [0.25, 0.3) is 10.0 Å². The summed E-state index contributed by atoms with van der Waals surface area (Å²) in [4.78, 5) is 22.6. The molecule has 1 aromatic heterocycles. The summed E-state index contributed by atoms with van der Waals surface area (Å²) in [6, 6.07) is 9.46. The third-order valence-corrected chi connectivity index (χ3v) is 9.93. The summed E-state index contributed by atoms with van der Waals surface area (Å²) >= 11 is 0.986. The molecule has 0 aliphatic heterocycles. The van der Waals surface area contributed by atoms with Gasteiger partial charge in [-0.2, -0.15) is 4.72 Å². The lowest BCUT2D eigenvalue weighted by Gasteiger charge is -2.29. The van der Waals surface area contributed by atoms with Gasteiger partial charge in [0.15, 0.2) is 0 Å². The minimum atomic E-state index is -4.25. The van der Waals surface area contributed by atoms with Crippen LogP contribution in [0.25, 0.3) is 0 Å². The van der Waals surface area contributed by atoms with E-state index in [9.17, 15) is 27.8 Å². The Kier molecular flexibility index (Phi) is 7.78. The average molecular weight is 461 g/mol. The first-order valence-electron chi connectivity index (χ1n) is 8.87. The van der Waals surface area contributed by atoms with Crippen molar-refractivity contribution in [3.63, 3.8) is 0 Å². The van der Waals surface area contributed by atoms with Crippen molar-refractivity contribution in [2.24, 2.45) is 11.7 Å². The Balaban J connectivity index is 2.35. The van der Waals surface area contributed by atoms with Crippen LogP contribution >= 0.6 is 18.7 Å². The highest BCUT2D eigenvalue weighted by Gasteiger charge is 2.41. The van der Waals surface area contributed by atoms with Crippen LogP contribution in [0.1, 0.15) is 30.9 Å². The molecule has 0 bridgehead atoms. The second-order valence-corrected chi connectivity index (χ2v) is 12.3. The number of nitrogens with one attached hydrogen (secondary N) is 1. The Labute approximate surface area is 174 Å². The van der Waals surface area contributed by atoms with E-state index in [1.807, 2.05) is 0 Å². The fourth-order valence-electron chi connectivity index (χ4n) is 2.96. The molecule has 0 amide bonds. The first kappa shape index (κ1) is 23.7. The van der Waals surface area contributed by atoms with Gasteiger partial charge in [0.05, 0.1) is 5.92 Å². The summed E-state index contributed by atoms with van der Waals surface area (Å²) in [7, 11) is -8.26. The van der Waals surface area contributed by atoms with Gasteiger partial charge in [0.2, 0.25) is 7.37 Å². The van der Waals surface area contributed by atoms with Gasteiger partial charge < -0.3 is 15.7 Å². The molecule has 8 nitrogen and oxygen atoms in total. The molecule has 3 atom stereocenters. The number of benzene rings is 1. The van der Waals surface area contributed by atoms with Crippen molar-refractivity contribution in [3.05, 3.63) is 52.9 Å². The van der Waals surface area contributed by atoms with Gasteiger partial charge in [-0.15, -0.1) is 11.3 Å². The smallest absolute Gasteiger partial charge is 0.311 e. The Morgan fingerprint density at radius 3 is 2.48 bits per heavy atom. The average Bonchev–Trinajstić information content (AvgIpc) is 3.19. The lowest BCUT2D eigenvalue weighted by Crippen LogP contribution is -2.39.